The molecular formula is C16H20N4O2S3. The molecule has 3 rings (SSSR count). The van der Waals surface area contributed by atoms with Gasteiger partial charge in [0.15, 0.2) is 4.34 Å². The fraction of sp³-hybridized carbons (Fsp3) is 0.500. The van der Waals surface area contributed by atoms with Crippen LogP contribution in [-0.2, 0) is 4.79 Å². The first kappa shape index (κ1) is 18.3. The number of aryl methyl sites for hydroxylation is 1. The van der Waals surface area contributed by atoms with Crippen molar-refractivity contribution >= 4 is 51.4 Å². The Bertz CT molecular complexity index is 750. The van der Waals surface area contributed by atoms with Crippen LogP contribution in [-0.4, -0.2) is 45.8 Å². The average molecular weight is 397 g/mol. The summed E-state index contributed by atoms with van der Waals surface area (Å²) in [5.74, 6) is 1.04. The maximum absolute atomic E-state index is 12.2. The van der Waals surface area contributed by atoms with Gasteiger partial charge in [0.2, 0.25) is 11.0 Å². The summed E-state index contributed by atoms with van der Waals surface area (Å²) in [6, 6.07) is 1.84. The molecule has 0 aromatic carbocycles. The number of piperidine rings is 1. The van der Waals surface area contributed by atoms with Gasteiger partial charge >= 0.3 is 0 Å². The molecule has 25 heavy (non-hydrogen) atoms. The summed E-state index contributed by atoms with van der Waals surface area (Å²) >= 11 is 4.07. The Morgan fingerprint density at radius 2 is 2.12 bits per heavy atom. The van der Waals surface area contributed by atoms with Crippen molar-refractivity contribution in [3.63, 3.8) is 0 Å². The summed E-state index contributed by atoms with van der Waals surface area (Å²) in [6.07, 6.45) is 2.15. The van der Waals surface area contributed by atoms with E-state index in [4.69, 9.17) is 0 Å². The Kier molecular flexibility index (Phi) is 6.08. The molecule has 134 valence electrons. The second kappa shape index (κ2) is 8.29. The first-order valence-electron chi connectivity index (χ1n) is 8.12. The largest absolute Gasteiger partial charge is 0.342 e. The molecule has 0 spiro atoms. The predicted molar refractivity (Wildman–Crippen MR) is 103 cm³/mol. The van der Waals surface area contributed by atoms with Gasteiger partial charge in [-0.05, 0) is 42.7 Å². The number of rotatable bonds is 5. The number of amides is 2. The molecule has 0 unspecified atom stereocenters. The Balaban J connectivity index is 1.48. The minimum Gasteiger partial charge on any atom is -0.342 e. The molecule has 2 amide bonds. The molecule has 1 fully saturated rings. The van der Waals surface area contributed by atoms with Gasteiger partial charge in [0, 0.05) is 13.1 Å². The minimum atomic E-state index is -0.177. The number of likely N-dealkylation sites (tertiary alicyclic amines) is 1. The number of aromatic nitrogens is 2. The molecule has 1 N–H and O–H groups in total. The summed E-state index contributed by atoms with van der Waals surface area (Å²) < 4.78 is 0.691. The number of nitrogens with one attached hydrogen (secondary N) is 1. The smallest absolute Gasteiger partial charge is 0.267 e. The van der Waals surface area contributed by atoms with Gasteiger partial charge in [0.1, 0.15) is 0 Å². The molecule has 0 radical (unpaired) electrons. The predicted octanol–water partition coefficient (Wildman–Crippen LogP) is 3.51. The van der Waals surface area contributed by atoms with Crippen molar-refractivity contribution in [3.8, 4) is 0 Å². The lowest BCUT2D eigenvalue weighted by atomic mass is 9.99. The number of thiophene rings is 1. The number of hydrogen-bond donors (Lipinski definition) is 1. The third-order valence-corrected chi connectivity index (χ3v) is 7.04. The van der Waals surface area contributed by atoms with Crippen molar-refractivity contribution < 1.29 is 9.59 Å². The number of carbonyl (C=O) groups excluding carboxylic acids is 2. The van der Waals surface area contributed by atoms with E-state index in [1.807, 2.05) is 23.3 Å². The third kappa shape index (κ3) is 5.02. The number of hydrogen-bond acceptors (Lipinski definition) is 7. The summed E-state index contributed by atoms with van der Waals surface area (Å²) in [6.45, 7) is 5.87. The van der Waals surface area contributed by atoms with E-state index < -0.39 is 0 Å². The van der Waals surface area contributed by atoms with Crippen LogP contribution in [0.1, 0.15) is 35.0 Å². The first-order valence-corrected chi connectivity index (χ1v) is 10.8. The molecule has 0 saturated carbocycles. The zero-order valence-electron chi connectivity index (χ0n) is 14.2. The molecule has 1 saturated heterocycles. The maximum atomic E-state index is 12.2. The summed E-state index contributed by atoms with van der Waals surface area (Å²) in [4.78, 5) is 26.9. The summed E-state index contributed by atoms with van der Waals surface area (Å²) in [5, 5.41) is 13.2. The number of carbonyl (C=O) groups is 2. The molecule has 0 aliphatic carbocycles. The molecule has 1 aliphatic rings. The van der Waals surface area contributed by atoms with E-state index in [9.17, 15) is 9.59 Å². The topological polar surface area (TPSA) is 75.2 Å². The standard InChI is InChI=1S/C16H20N4O2S3/c1-10-3-5-20(6-4-10)13(21)9-24-16-19-18-15(25-16)17-14(22)12-7-11(2)8-23-12/h7-8,10H,3-6,9H2,1-2H3,(H,17,18,22). The Morgan fingerprint density at radius 1 is 1.36 bits per heavy atom. The highest BCUT2D eigenvalue weighted by atomic mass is 32.2. The molecule has 2 aromatic heterocycles. The molecule has 1 aliphatic heterocycles. The van der Waals surface area contributed by atoms with E-state index in [0.717, 1.165) is 31.5 Å². The van der Waals surface area contributed by atoms with Crippen molar-refractivity contribution in [2.75, 3.05) is 24.2 Å². The fourth-order valence-electron chi connectivity index (χ4n) is 2.50. The zero-order chi connectivity index (χ0) is 17.8. The van der Waals surface area contributed by atoms with Crippen LogP contribution in [0.25, 0.3) is 0 Å². The maximum Gasteiger partial charge on any atom is 0.267 e. The van der Waals surface area contributed by atoms with Crippen LogP contribution in [0.4, 0.5) is 5.13 Å². The van der Waals surface area contributed by atoms with Gasteiger partial charge in [-0.25, -0.2) is 0 Å². The fourth-order valence-corrected chi connectivity index (χ4v) is 4.94. The van der Waals surface area contributed by atoms with E-state index in [0.29, 0.717) is 26.0 Å². The Labute approximate surface area is 159 Å². The molecule has 2 aromatic rings. The minimum absolute atomic E-state index is 0.145. The first-order chi connectivity index (χ1) is 12.0. The Hall–Kier alpha value is -1.45. The second-order valence-corrected chi connectivity index (χ2v) is 9.28. The number of nitrogens with zero attached hydrogens (tertiary/aromatic N) is 3. The number of thioether (sulfide) groups is 1. The van der Waals surface area contributed by atoms with Crippen LogP contribution in [0, 0.1) is 12.8 Å². The van der Waals surface area contributed by atoms with E-state index in [2.05, 4.69) is 22.4 Å². The average Bonchev–Trinajstić information content (AvgIpc) is 3.22. The van der Waals surface area contributed by atoms with Gasteiger partial charge in [0.25, 0.3) is 5.91 Å². The second-order valence-electron chi connectivity index (χ2n) is 6.17. The van der Waals surface area contributed by atoms with Gasteiger partial charge in [-0.2, -0.15) is 0 Å². The molecular weight excluding hydrogens is 376 g/mol. The summed E-state index contributed by atoms with van der Waals surface area (Å²) in [5.41, 5.74) is 1.06. The summed E-state index contributed by atoms with van der Waals surface area (Å²) in [7, 11) is 0. The van der Waals surface area contributed by atoms with Crippen molar-refractivity contribution in [1.82, 2.24) is 15.1 Å². The molecule has 0 bridgehead atoms. The quantitative estimate of drug-likeness (QED) is 0.618. The van der Waals surface area contributed by atoms with Crippen LogP contribution in [0.2, 0.25) is 0 Å². The van der Waals surface area contributed by atoms with E-state index in [-0.39, 0.29) is 11.8 Å². The Morgan fingerprint density at radius 3 is 2.80 bits per heavy atom. The van der Waals surface area contributed by atoms with Gasteiger partial charge < -0.3 is 4.90 Å². The highest BCUT2D eigenvalue weighted by molar-refractivity contribution is 8.01. The third-order valence-electron chi connectivity index (χ3n) is 4.04. The van der Waals surface area contributed by atoms with E-state index >= 15 is 0 Å². The van der Waals surface area contributed by atoms with Gasteiger partial charge in [0.05, 0.1) is 10.6 Å². The van der Waals surface area contributed by atoms with E-state index in [1.54, 1.807) is 0 Å². The lowest BCUT2D eigenvalue weighted by Crippen LogP contribution is -2.38. The normalized spacial score (nSPS) is 15.4. The number of anilines is 1. The molecule has 3 heterocycles. The van der Waals surface area contributed by atoms with Crippen LogP contribution in [0.5, 0.6) is 0 Å². The van der Waals surface area contributed by atoms with Crippen molar-refractivity contribution in [2.24, 2.45) is 5.92 Å². The van der Waals surface area contributed by atoms with Crippen molar-refractivity contribution in [2.45, 2.75) is 31.0 Å². The van der Waals surface area contributed by atoms with Crippen molar-refractivity contribution in [3.05, 3.63) is 21.9 Å². The monoisotopic (exact) mass is 396 g/mol. The van der Waals surface area contributed by atoms with Crippen LogP contribution in [0.15, 0.2) is 15.8 Å². The van der Waals surface area contributed by atoms with Gasteiger partial charge in [-0.3, -0.25) is 14.9 Å². The highest BCUT2D eigenvalue weighted by Crippen LogP contribution is 2.27. The molecule has 6 nitrogen and oxygen atoms in total. The van der Waals surface area contributed by atoms with E-state index in [1.165, 1.54) is 34.4 Å². The lowest BCUT2D eigenvalue weighted by molar-refractivity contribution is -0.129. The lowest BCUT2D eigenvalue weighted by Gasteiger charge is -2.30. The van der Waals surface area contributed by atoms with Crippen LogP contribution < -0.4 is 5.32 Å². The SMILES string of the molecule is Cc1csc(C(=O)Nc2nnc(SCC(=O)N3CCC(C)CC3)s2)c1. The van der Waals surface area contributed by atoms with Crippen LogP contribution in [0.3, 0.4) is 0 Å². The van der Waals surface area contributed by atoms with Gasteiger partial charge in [-0.15, -0.1) is 21.5 Å². The van der Waals surface area contributed by atoms with Gasteiger partial charge in [-0.1, -0.05) is 30.0 Å². The zero-order valence-corrected chi connectivity index (χ0v) is 16.6. The van der Waals surface area contributed by atoms with Crippen molar-refractivity contribution in [1.29, 1.82) is 0 Å². The molecule has 9 heteroatoms. The van der Waals surface area contributed by atoms with Crippen LogP contribution >= 0.6 is 34.4 Å². The highest BCUT2D eigenvalue weighted by Gasteiger charge is 2.21. The molecule has 0 atom stereocenters.